The van der Waals surface area contributed by atoms with E-state index in [1.807, 2.05) is 30.3 Å². The molecule has 1 amide bonds. The molecule has 6 nitrogen and oxygen atoms in total. The summed E-state index contributed by atoms with van der Waals surface area (Å²) < 4.78 is 11.1. The van der Waals surface area contributed by atoms with Crippen LogP contribution in [0.2, 0.25) is 0 Å². The topological polar surface area (TPSA) is 68.5 Å². The van der Waals surface area contributed by atoms with Gasteiger partial charge in [-0.15, -0.1) is 11.3 Å². The molecule has 0 spiro atoms. The molecule has 1 atom stereocenters. The third-order valence-electron chi connectivity index (χ3n) is 3.81. The van der Waals surface area contributed by atoms with Crippen molar-refractivity contribution in [2.75, 3.05) is 19.7 Å². The molecule has 1 aliphatic rings. The van der Waals surface area contributed by atoms with E-state index in [-0.39, 0.29) is 12.0 Å². The number of thiazole rings is 1. The van der Waals surface area contributed by atoms with Crippen LogP contribution in [0.1, 0.15) is 21.5 Å². The molecule has 7 heteroatoms. The van der Waals surface area contributed by atoms with Crippen LogP contribution in [0.4, 0.5) is 0 Å². The summed E-state index contributed by atoms with van der Waals surface area (Å²) in [5.41, 5.74) is 0.775. The molecule has 1 saturated heterocycles. The van der Waals surface area contributed by atoms with Gasteiger partial charge in [0.25, 0.3) is 5.91 Å². The lowest BCUT2D eigenvalue weighted by atomic mass is 10.2. The van der Waals surface area contributed by atoms with Crippen LogP contribution >= 0.6 is 11.3 Å². The quantitative estimate of drug-likeness (QED) is 0.732. The minimum absolute atomic E-state index is 0.0328. The van der Waals surface area contributed by atoms with Gasteiger partial charge in [-0.1, -0.05) is 6.07 Å². The van der Waals surface area contributed by atoms with Gasteiger partial charge in [0.05, 0.1) is 31.3 Å². The highest BCUT2D eigenvalue weighted by atomic mass is 32.1. The molecule has 0 aromatic carbocycles. The highest BCUT2D eigenvalue weighted by Crippen LogP contribution is 2.27. The maximum atomic E-state index is 12.7. The minimum Gasteiger partial charge on any atom is -0.467 e. The second-order valence-corrected chi connectivity index (χ2v) is 6.40. The van der Waals surface area contributed by atoms with E-state index in [0.29, 0.717) is 24.6 Å². The number of morpholine rings is 1. The Labute approximate surface area is 142 Å². The lowest BCUT2D eigenvalue weighted by Gasteiger charge is -2.31. The molecule has 0 aliphatic carbocycles. The second-order valence-electron chi connectivity index (χ2n) is 5.37. The first kappa shape index (κ1) is 15.0. The van der Waals surface area contributed by atoms with E-state index in [1.54, 1.807) is 23.6 Å². The van der Waals surface area contributed by atoms with Crippen LogP contribution in [-0.2, 0) is 4.74 Å². The van der Waals surface area contributed by atoms with Crippen molar-refractivity contribution in [2.45, 2.75) is 6.10 Å². The number of hydrogen-bond acceptors (Lipinski definition) is 6. The number of carbonyl (C=O) groups is 1. The summed E-state index contributed by atoms with van der Waals surface area (Å²) in [7, 11) is 0. The van der Waals surface area contributed by atoms with Gasteiger partial charge >= 0.3 is 0 Å². The van der Waals surface area contributed by atoms with Gasteiger partial charge in [-0.3, -0.25) is 9.78 Å². The fourth-order valence-electron chi connectivity index (χ4n) is 2.62. The zero-order chi connectivity index (χ0) is 16.4. The van der Waals surface area contributed by atoms with Crippen LogP contribution in [0.15, 0.2) is 53.4 Å². The highest BCUT2D eigenvalue weighted by Gasteiger charge is 2.28. The average Bonchev–Trinajstić information content (AvgIpc) is 3.34. The molecule has 0 radical (unpaired) electrons. The van der Waals surface area contributed by atoms with Crippen LogP contribution in [0.25, 0.3) is 10.7 Å². The van der Waals surface area contributed by atoms with E-state index < -0.39 is 0 Å². The molecular weight excluding hydrogens is 326 g/mol. The standard InChI is InChI=1S/C17H15N3O3S/c21-17(15-10-19-16(24-15)12-4-1-2-6-18-12)20-7-9-23-14(11-20)13-5-3-8-22-13/h1-6,8,10,14H,7,9,11H2/t14-/m1/s1. The SMILES string of the molecule is O=C(c1cnc(-c2ccccn2)s1)N1CCO[C@@H](c2ccco2)C1. The third-order valence-corrected chi connectivity index (χ3v) is 4.82. The zero-order valence-corrected chi connectivity index (χ0v) is 13.6. The number of pyridine rings is 1. The summed E-state index contributed by atoms with van der Waals surface area (Å²) >= 11 is 1.36. The van der Waals surface area contributed by atoms with E-state index in [4.69, 9.17) is 9.15 Å². The summed E-state index contributed by atoms with van der Waals surface area (Å²) in [6, 6.07) is 9.33. The van der Waals surface area contributed by atoms with E-state index in [2.05, 4.69) is 9.97 Å². The highest BCUT2D eigenvalue weighted by molar-refractivity contribution is 7.16. The van der Waals surface area contributed by atoms with Gasteiger partial charge < -0.3 is 14.1 Å². The van der Waals surface area contributed by atoms with Crippen LogP contribution in [0, 0.1) is 0 Å². The van der Waals surface area contributed by atoms with Crippen molar-refractivity contribution in [2.24, 2.45) is 0 Å². The molecule has 3 aromatic rings. The largest absolute Gasteiger partial charge is 0.467 e. The minimum atomic E-state index is -0.221. The zero-order valence-electron chi connectivity index (χ0n) is 12.8. The van der Waals surface area contributed by atoms with Gasteiger partial charge in [-0.2, -0.15) is 0 Å². The van der Waals surface area contributed by atoms with Crippen molar-refractivity contribution < 1.29 is 13.9 Å². The molecule has 4 heterocycles. The number of amides is 1. The van der Waals surface area contributed by atoms with Crippen molar-refractivity contribution in [1.82, 2.24) is 14.9 Å². The monoisotopic (exact) mass is 341 g/mol. The summed E-state index contributed by atoms with van der Waals surface area (Å²) in [4.78, 5) is 23.7. The summed E-state index contributed by atoms with van der Waals surface area (Å²) in [5, 5.41) is 0.745. The molecule has 4 rings (SSSR count). The van der Waals surface area contributed by atoms with E-state index in [9.17, 15) is 4.79 Å². The van der Waals surface area contributed by atoms with Crippen molar-refractivity contribution in [3.63, 3.8) is 0 Å². The van der Waals surface area contributed by atoms with Crippen LogP contribution < -0.4 is 0 Å². The summed E-state index contributed by atoms with van der Waals surface area (Å²) in [6.07, 6.45) is 4.73. The predicted octanol–water partition coefficient (Wildman–Crippen LogP) is 3.01. The van der Waals surface area contributed by atoms with Gasteiger partial charge in [0.2, 0.25) is 0 Å². The Bertz CT molecular complexity index is 817. The Balaban J connectivity index is 1.50. The Hall–Kier alpha value is -2.51. The predicted molar refractivity (Wildman–Crippen MR) is 88.6 cm³/mol. The van der Waals surface area contributed by atoms with E-state index in [1.165, 1.54) is 11.3 Å². The van der Waals surface area contributed by atoms with E-state index >= 15 is 0 Å². The molecule has 3 aromatic heterocycles. The number of carbonyl (C=O) groups excluding carboxylic acids is 1. The first-order chi connectivity index (χ1) is 11.8. The second kappa shape index (κ2) is 6.54. The molecule has 0 unspecified atom stereocenters. The average molecular weight is 341 g/mol. The number of hydrogen-bond donors (Lipinski definition) is 0. The van der Waals surface area contributed by atoms with E-state index in [0.717, 1.165) is 16.5 Å². The molecule has 122 valence electrons. The Morgan fingerprint density at radius 3 is 3.00 bits per heavy atom. The first-order valence-electron chi connectivity index (χ1n) is 7.63. The van der Waals surface area contributed by atoms with Crippen LogP contribution in [0.3, 0.4) is 0 Å². The summed E-state index contributed by atoms with van der Waals surface area (Å²) in [5.74, 6) is 0.709. The lowest BCUT2D eigenvalue weighted by Crippen LogP contribution is -2.41. The first-order valence-corrected chi connectivity index (χ1v) is 8.44. The number of furan rings is 1. The molecule has 0 saturated carbocycles. The fourth-order valence-corrected chi connectivity index (χ4v) is 3.48. The van der Waals surface area contributed by atoms with Crippen molar-refractivity contribution in [3.05, 3.63) is 59.6 Å². The Morgan fingerprint density at radius 1 is 1.25 bits per heavy atom. The van der Waals surface area contributed by atoms with Crippen LogP contribution in [-0.4, -0.2) is 40.5 Å². The fraction of sp³-hybridized carbons (Fsp3) is 0.235. The molecule has 1 aliphatic heterocycles. The van der Waals surface area contributed by atoms with Gasteiger partial charge in [-0.25, -0.2) is 4.98 Å². The lowest BCUT2D eigenvalue weighted by molar-refractivity contribution is -0.0319. The normalized spacial score (nSPS) is 17.8. The number of ether oxygens (including phenoxy) is 1. The molecule has 0 N–H and O–H groups in total. The van der Waals surface area contributed by atoms with Crippen molar-refractivity contribution in [1.29, 1.82) is 0 Å². The van der Waals surface area contributed by atoms with Crippen molar-refractivity contribution >= 4 is 17.2 Å². The Kier molecular flexibility index (Phi) is 4.10. The van der Waals surface area contributed by atoms with Crippen molar-refractivity contribution in [3.8, 4) is 10.7 Å². The maximum Gasteiger partial charge on any atom is 0.265 e. The molecule has 1 fully saturated rings. The third kappa shape index (κ3) is 2.95. The maximum absolute atomic E-state index is 12.7. The number of nitrogens with zero attached hydrogens (tertiary/aromatic N) is 3. The molecule has 24 heavy (non-hydrogen) atoms. The number of aromatic nitrogens is 2. The van der Waals surface area contributed by atoms with Gasteiger partial charge in [-0.05, 0) is 24.3 Å². The van der Waals surface area contributed by atoms with Crippen LogP contribution in [0.5, 0.6) is 0 Å². The van der Waals surface area contributed by atoms with Gasteiger partial charge in [0.1, 0.15) is 21.7 Å². The van der Waals surface area contributed by atoms with Gasteiger partial charge in [0.15, 0.2) is 0 Å². The summed E-state index contributed by atoms with van der Waals surface area (Å²) in [6.45, 7) is 1.53. The smallest absolute Gasteiger partial charge is 0.265 e. The number of rotatable bonds is 3. The molecule has 0 bridgehead atoms. The Morgan fingerprint density at radius 2 is 2.21 bits per heavy atom. The van der Waals surface area contributed by atoms with Gasteiger partial charge in [0, 0.05) is 12.7 Å². The molecular formula is C17H15N3O3S.